The van der Waals surface area contributed by atoms with Crippen molar-refractivity contribution < 1.29 is 79.3 Å². The average molecular weight is 695 g/mol. The van der Waals surface area contributed by atoms with E-state index in [9.17, 15) is 60.7 Å². The predicted octanol–water partition coefficient (Wildman–Crippen LogP) is 7.01. The van der Waals surface area contributed by atoms with Crippen molar-refractivity contribution in [3.8, 4) is 11.1 Å². The topological polar surface area (TPSA) is 127 Å². The lowest BCUT2D eigenvalue weighted by molar-refractivity contribution is -0.267. The summed E-state index contributed by atoms with van der Waals surface area (Å²) in [6.45, 7) is 2.61. The Morgan fingerprint density at radius 2 is 1.05 bits per heavy atom. The second-order valence-electron chi connectivity index (χ2n) is 8.97. The Labute approximate surface area is 244 Å². The summed E-state index contributed by atoms with van der Waals surface area (Å²) in [5.41, 5.74) is 1.84. The molecule has 2 rings (SSSR count). The summed E-state index contributed by atoms with van der Waals surface area (Å²) in [5, 5.41) is -11.0. The normalized spacial score (nSPS) is 14.6. The standard InChI is InChI=1S/C16H13F5O4S.C8H11F5O4S/c17-15(18,19)14(16(20,21)26(22,23)24)25-10-11-6-8-13(9-7-11)12-4-2-1-3-5-12;1-4(2)5(3)17-6(7(9,10)11)8(12,13)18(14,15)16/h1-9,14H,10H2,(H,22,23,24);6H,1-3H3,(H,14,15,16). The fourth-order valence-corrected chi connectivity index (χ4v) is 3.80. The van der Waals surface area contributed by atoms with Gasteiger partial charge in [0.2, 0.25) is 6.10 Å². The summed E-state index contributed by atoms with van der Waals surface area (Å²) < 4.78 is 195. The molecule has 0 bridgehead atoms. The van der Waals surface area contributed by atoms with E-state index in [0.717, 1.165) is 18.1 Å². The van der Waals surface area contributed by atoms with Crippen molar-refractivity contribution in [3.05, 3.63) is 71.5 Å². The summed E-state index contributed by atoms with van der Waals surface area (Å²) in [4.78, 5) is 0. The Morgan fingerprint density at radius 3 is 1.41 bits per heavy atom. The van der Waals surface area contributed by atoms with Gasteiger partial charge in [-0.25, -0.2) is 0 Å². The van der Waals surface area contributed by atoms with Gasteiger partial charge in [0.15, 0.2) is 0 Å². The minimum Gasteiger partial charge on any atom is -0.478 e. The quantitative estimate of drug-likeness (QED) is 0.155. The first-order valence-electron chi connectivity index (χ1n) is 11.5. The number of benzene rings is 2. The first-order valence-corrected chi connectivity index (χ1v) is 14.4. The molecule has 0 fully saturated rings. The van der Waals surface area contributed by atoms with E-state index in [1.54, 1.807) is 42.5 Å². The van der Waals surface area contributed by atoms with Crippen molar-refractivity contribution in [1.29, 1.82) is 0 Å². The number of allylic oxidation sites excluding steroid dienone is 2. The Balaban J connectivity index is 0.000000474. The molecular formula is C24H24F10O8S2. The molecule has 2 atom stereocenters. The van der Waals surface area contributed by atoms with E-state index in [1.165, 1.54) is 26.0 Å². The van der Waals surface area contributed by atoms with Crippen molar-refractivity contribution >= 4 is 20.2 Å². The highest BCUT2D eigenvalue weighted by Gasteiger charge is 2.66. The monoisotopic (exact) mass is 694 g/mol. The van der Waals surface area contributed by atoms with Gasteiger partial charge < -0.3 is 9.47 Å². The Morgan fingerprint density at radius 1 is 0.659 bits per heavy atom. The molecule has 250 valence electrons. The molecule has 0 amide bonds. The molecule has 0 aromatic heterocycles. The lowest BCUT2D eigenvalue weighted by atomic mass is 10.0. The van der Waals surface area contributed by atoms with Crippen molar-refractivity contribution in [2.75, 3.05) is 0 Å². The third-order valence-corrected chi connectivity index (χ3v) is 7.17. The van der Waals surface area contributed by atoms with Crippen LogP contribution in [-0.4, -0.2) is 61.0 Å². The summed E-state index contributed by atoms with van der Waals surface area (Å²) in [7, 11) is -12.6. The molecule has 0 aliphatic heterocycles. The lowest BCUT2D eigenvalue weighted by Crippen LogP contribution is -2.51. The third kappa shape index (κ3) is 10.3. The Kier molecular flexibility index (Phi) is 12.4. The van der Waals surface area contributed by atoms with E-state index in [2.05, 4.69) is 9.47 Å². The number of rotatable bonds is 10. The molecule has 44 heavy (non-hydrogen) atoms. The maximum atomic E-state index is 13.4. The van der Waals surface area contributed by atoms with Gasteiger partial charge in [-0.3, -0.25) is 9.11 Å². The summed E-state index contributed by atoms with van der Waals surface area (Å²) >= 11 is 0. The van der Waals surface area contributed by atoms with Crippen molar-refractivity contribution in [1.82, 2.24) is 0 Å². The summed E-state index contributed by atoms with van der Waals surface area (Å²) in [5.74, 6) is -0.513. The van der Waals surface area contributed by atoms with Crippen molar-refractivity contribution in [3.63, 3.8) is 0 Å². The van der Waals surface area contributed by atoms with Crippen LogP contribution in [0.4, 0.5) is 43.9 Å². The molecule has 0 aliphatic carbocycles. The van der Waals surface area contributed by atoms with E-state index in [-0.39, 0.29) is 11.1 Å². The molecule has 0 saturated heterocycles. The number of alkyl halides is 10. The highest BCUT2D eigenvalue weighted by atomic mass is 32.2. The lowest BCUT2D eigenvalue weighted by Gasteiger charge is -2.27. The fraction of sp³-hybridized carbons (Fsp3) is 0.417. The number of hydrogen-bond acceptors (Lipinski definition) is 6. The maximum Gasteiger partial charge on any atom is 0.432 e. The third-order valence-electron chi connectivity index (χ3n) is 5.37. The van der Waals surface area contributed by atoms with Gasteiger partial charge in [-0.2, -0.15) is 60.7 Å². The predicted molar refractivity (Wildman–Crippen MR) is 134 cm³/mol. The van der Waals surface area contributed by atoms with Crippen LogP contribution in [0.25, 0.3) is 11.1 Å². The van der Waals surface area contributed by atoms with E-state index >= 15 is 0 Å². The van der Waals surface area contributed by atoms with Gasteiger partial charge in [0.1, 0.15) is 0 Å². The second-order valence-corrected chi connectivity index (χ2v) is 12.0. The largest absolute Gasteiger partial charge is 0.478 e. The molecule has 2 aromatic rings. The van der Waals surface area contributed by atoms with Gasteiger partial charge in [0, 0.05) is 0 Å². The van der Waals surface area contributed by atoms with Gasteiger partial charge in [-0.05, 0) is 43.0 Å². The molecule has 2 aromatic carbocycles. The zero-order valence-electron chi connectivity index (χ0n) is 22.5. The van der Waals surface area contributed by atoms with E-state index in [0.29, 0.717) is 0 Å². The number of hydrogen-bond donors (Lipinski definition) is 2. The van der Waals surface area contributed by atoms with Crippen LogP contribution in [0.2, 0.25) is 0 Å². The van der Waals surface area contributed by atoms with Gasteiger partial charge in [-0.15, -0.1) is 0 Å². The van der Waals surface area contributed by atoms with Gasteiger partial charge in [0.25, 0.3) is 6.10 Å². The van der Waals surface area contributed by atoms with Gasteiger partial charge in [0.05, 0.1) is 12.4 Å². The molecule has 0 heterocycles. The molecule has 2 N–H and O–H groups in total. The van der Waals surface area contributed by atoms with Crippen LogP contribution in [-0.2, 0) is 36.3 Å². The molecular weight excluding hydrogens is 670 g/mol. The van der Waals surface area contributed by atoms with Crippen LogP contribution in [0.1, 0.15) is 26.3 Å². The zero-order valence-corrected chi connectivity index (χ0v) is 24.1. The smallest absolute Gasteiger partial charge is 0.432 e. The van der Waals surface area contributed by atoms with Crippen LogP contribution in [0.3, 0.4) is 0 Å². The second kappa shape index (κ2) is 14.0. The van der Waals surface area contributed by atoms with Crippen LogP contribution in [0, 0.1) is 0 Å². The van der Waals surface area contributed by atoms with Crippen molar-refractivity contribution in [2.24, 2.45) is 0 Å². The summed E-state index contributed by atoms with van der Waals surface area (Å²) in [6.07, 6.45) is -19.4. The van der Waals surface area contributed by atoms with E-state index in [1.807, 2.05) is 0 Å². The van der Waals surface area contributed by atoms with Crippen LogP contribution in [0.5, 0.6) is 0 Å². The van der Waals surface area contributed by atoms with Crippen LogP contribution < -0.4 is 0 Å². The van der Waals surface area contributed by atoms with Crippen LogP contribution >= 0.6 is 0 Å². The SMILES string of the molecule is CC(C)=C(C)OC(C(F)(F)F)C(F)(F)S(=O)(=O)O.O=S(=O)(O)C(F)(F)C(OCc1ccc(-c2ccccc2)cc1)C(F)(F)F. The highest BCUT2D eigenvalue weighted by Crippen LogP contribution is 2.40. The number of halogens is 10. The molecule has 2 unspecified atom stereocenters. The number of ether oxygens (including phenoxy) is 2. The van der Waals surface area contributed by atoms with E-state index < -0.39 is 67.7 Å². The molecule has 20 heteroatoms. The van der Waals surface area contributed by atoms with Crippen molar-refractivity contribution in [2.45, 2.75) is 62.4 Å². The highest BCUT2D eigenvalue weighted by molar-refractivity contribution is 7.87. The summed E-state index contributed by atoms with van der Waals surface area (Å²) in [6, 6.07) is 14.8. The molecule has 8 nitrogen and oxygen atoms in total. The van der Waals surface area contributed by atoms with Gasteiger partial charge in [-0.1, -0.05) is 54.6 Å². The molecule has 0 aliphatic rings. The fourth-order valence-electron chi connectivity index (χ4n) is 2.88. The van der Waals surface area contributed by atoms with Gasteiger partial charge >= 0.3 is 43.1 Å². The first-order chi connectivity index (χ1) is 19.6. The van der Waals surface area contributed by atoms with E-state index in [4.69, 9.17) is 9.11 Å². The molecule has 0 saturated carbocycles. The Hall–Kier alpha value is -2.94. The zero-order chi connectivity index (χ0) is 34.5. The minimum atomic E-state index is -6.31. The molecule has 0 spiro atoms. The maximum absolute atomic E-state index is 13.4. The molecule has 0 radical (unpaired) electrons. The van der Waals surface area contributed by atoms with Crippen LogP contribution in [0.15, 0.2) is 65.9 Å². The first kappa shape index (κ1) is 39.1. The average Bonchev–Trinajstić information content (AvgIpc) is 2.85. The Bertz CT molecular complexity index is 1480. The minimum absolute atomic E-state index is 0.116.